The molecule has 0 aromatic heterocycles. The van der Waals surface area contributed by atoms with Gasteiger partial charge in [0.25, 0.3) is 0 Å². The number of benzene rings is 2. The van der Waals surface area contributed by atoms with Gasteiger partial charge in [-0.25, -0.2) is 0 Å². The lowest BCUT2D eigenvalue weighted by atomic mass is 10.1. The summed E-state index contributed by atoms with van der Waals surface area (Å²) in [6, 6.07) is 15.2. The van der Waals surface area contributed by atoms with Crippen LogP contribution in [0.1, 0.15) is 25.7 Å². The molecule has 6 heteroatoms. The molecule has 1 N–H and O–H groups in total. The molecular formula is C22H24ClN3O2. The normalized spacial score (nSPS) is 19.8. The van der Waals surface area contributed by atoms with Crippen LogP contribution in [0.3, 0.4) is 0 Å². The van der Waals surface area contributed by atoms with Crippen molar-refractivity contribution in [1.82, 2.24) is 0 Å². The predicted octanol–water partition coefficient (Wildman–Crippen LogP) is 4.32. The molecule has 0 saturated carbocycles. The highest BCUT2D eigenvalue weighted by Crippen LogP contribution is 2.33. The SMILES string of the molecule is O=C(Nc1ccccc1N1CCCCC1)[C@H]1CC(=O)N(c2ccccc2Cl)C1. The number of nitrogens with zero attached hydrogens (tertiary/aromatic N) is 2. The third-order valence-electron chi connectivity index (χ3n) is 5.50. The Labute approximate surface area is 170 Å². The van der Waals surface area contributed by atoms with E-state index in [4.69, 9.17) is 11.6 Å². The Hall–Kier alpha value is -2.53. The molecule has 2 amide bonds. The van der Waals surface area contributed by atoms with Gasteiger partial charge in [0, 0.05) is 26.1 Å². The summed E-state index contributed by atoms with van der Waals surface area (Å²) in [6.45, 7) is 2.37. The zero-order valence-electron chi connectivity index (χ0n) is 15.7. The van der Waals surface area contributed by atoms with E-state index in [0.29, 0.717) is 17.3 Å². The molecule has 2 aromatic rings. The minimum atomic E-state index is -0.391. The molecule has 1 atom stereocenters. The van der Waals surface area contributed by atoms with Crippen LogP contribution < -0.4 is 15.1 Å². The maximum atomic E-state index is 12.9. The zero-order valence-corrected chi connectivity index (χ0v) is 16.5. The first-order valence-electron chi connectivity index (χ1n) is 9.83. The minimum absolute atomic E-state index is 0.0717. The fraction of sp³-hybridized carbons (Fsp3) is 0.364. The van der Waals surface area contributed by atoms with E-state index in [1.165, 1.54) is 19.3 Å². The second-order valence-corrected chi connectivity index (χ2v) is 7.82. The molecule has 2 saturated heterocycles. The number of amides is 2. The standard InChI is InChI=1S/C22H24ClN3O2/c23-17-8-2-4-10-19(17)26-15-16(14-21(26)27)22(28)24-18-9-3-5-11-20(18)25-12-6-1-7-13-25/h2-5,8-11,16H,1,6-7,12-15H2,(H,24,28)/t16-/m0/s1. The average Bonchev–Trinajstić information content (AvgIpc) is 3.11. The maximum Gasteiger partial charge on any atom is 0.229 e. The number of rotatable bonds is 4. The molecule has 0 aliphatic carbocycles. The van der Waals surface area contributed by atoms with Gasteiger partial charge in [-0.2, -0.15) is 0 Å². The second kappa shape index (κ2) is 8.23. The molecule has 2 aliphatic heterocycles. The topological polar surface area (TPSA) is 52.7 Å². The molecule has 0 unspecified atom stereocenters. The summed E-state index contributed by atoms with van der Waals surface area (Å²) >= 11 is 6.23. The molecule has 4 rings (SSSR count). The van der Waals surface area contributed by atoms with Crippen LogP contribution in [0, 0.1) is 5.92 Å². The van der Waals surface area contributed by atoms with Gasteiger partial charge in [0.15, 0.2) is 0 Å². The third-order valence-corrected chi connectivity index (χ3v) is 5.82. The lowest BCUT2D eigenvalue weighted by Gasteiger charge is -2.30. The summed E-state index contributed by atoms with van der Waals surface area (Å²) in [5.41, 5.74) is 2.54. The van der Waals surface area contributed by atoms with Crippen molar-refractivity contribution in [3.63, 3.8) is 0 Å². The Morgan fingerprint density at radius 2 is 1.64 bits per heavy atom. The lowest BCUT2D eigenvalue weighted by Crippen LogP contribution is -2.31. The molecule has 2 fully saturated rings. The first-order valence-corrected chi connectivity index (χ1v) is 10.2. The Morgan fingerprint density at radius 3 is 2.39 bits per heavy atom. The summed E-state index contributed by atoms with van der Waals surface area (Å²) in [4.78, 5) is 29.3. The quantitative estimate of drug-likeness (QED) is 0.835. The van der Waals surface area contributed by atoms with Crippen LogP contribution in [-0.2, 0) is 9.59 Å². The first kappa shape index (κ1) is 18.8. The number of hydrogen-bond donors (Lipinski definition) is 1. The first-order chi connectivity index (χ1) is 13.6. The lowest BCUT2D eigenvalue weighted by molar-refractivity contribution is -0.122. The van der Waals surface area contributed by atoms with Crippen molar-refractivity contribution >= 4 is 40.5 Å². The van der Waals surface area contributed by atoms with Crippen LogP contribution in [0.4, 0.5) is 17.1 Å². The van der Waals surface area contributed by atoms with Gasteiger partial charge in [0.05, 0.1) is 28.0 Å². The molecule has 5 nitrogen and oxygen atoms in total. The minimum Gasteiger partial charge on any atom is -0.370 e. The van der Waals surface area contributed by atoms with E-state index in [2.05, 4.69) is 16.3 Å². The zero-order chi connectivity index (χ0) is 19.5. The van der Waals surface area contributed by atoms with Crippen LogP contribution in [0.25, 0.3) is 0 Å². The summed E-state index contributed by atoms with van der Waals surface area (Å²) in [5, 5.41) is 3.59. The fourth-order valence-electron chi connectivity index (χ4n) is 4.01. The average molecular weight is 398 g/mol. The van der Waals surface area contributed by atoms with Crippen molar-refractivity contribution in [1.29, 1.82) is 0 Å². The summed E-state index contributed by atoms with van der Waals surface area (Å²) in [6.07, 6.45) is 3.80. The number of hydrogen-bond acceptors (Lipinski definition) is 3. The van der Waals surface area contributed by atoms with Crippen molar-refractivity contribution < 1.29 is 9.59 Å². The molecule has 2 aromatic carbocycles. The van der Waals surface area contributed by atoms with E-state index >= 15 is 0 Å². The van der Waals surface area contributed by atoms with Crippen LogP contribution in [0.15, 0.2) is 48.5 Å². The highest BCUT2D eigenvalue weighted by Gasteiger charge is 2.36. The van der Waals surface area contributed by atoms with Gasteiger partial charge in [0.1, 0.15) is 0 Å². The van der Waals surface area contributed by atoms with Crippen LogP contribution >= 0.6 is 11.6 Å². The van der Waals surface area contributed by atoms with Crippen molar-refractivity contribution in [2.45, 2.75) is 25.7 Å². The van der Waals surface area contributed by atoms with E-state index in [-0.39, 0.29) is 18.2 Å². The number of piperidine rings is 1. The molecule has 2 heterocycles. The Bertz CT molecular complexity index is 880. The van der Waals surface area contributed by atoms with Gasteiger partial charge in [-0.1, -0.05) is 35.9 Å². The smallest absolute Gasteiger partial charge is 0.229 e. The Morgan fingerprint density at radius 1 is 0.964 bits per heavy atom. The fourth-order valence-corrected chi connectivity index (χ4v) is 4.25. The number of carbonyl (C=O) groups excluding carboxylic acids is 2. The number of nitrogens with one attached hydrogen (secondary N) is 1. The summed E-state index contributed by atoms with van der Waals surface area (Å²) in [7, 11) is 0. The number of anilines is 3. The highest BCUT2D eigenvalue weighted by atomic mass is 35.5. The molecule has 28 heavy (non-hydrogen) atoms. The van der Waals surface area contributed by atoms with Crippen molar-refractivity contribution in [2.24, 2.45) is 5.92 Å². The Balaban J connectivity index is 1.48. The van der Waals surface area contributed by atoms with E-state index in [0.717, 1.165) is 24.5 Å². The van der Waals surface area contributed by atoms with Crippen LogP contribution in [-0.4, -0.2) is 31.4 Å². The summed E-state index contributed by atoms with van der Waals surface area (Å²) in [5.74, 6) is -0.580. The van der Waals surface area contributed by atoms with Gasteiger partial charge in [-0.3, -0.25) is 9.59 Å². The van der Waals surface area contributed by atoms with E-state index in [9.17, 15) is 9.59 Å². The number of para-hydroxylation sites is 3. The molecule has 146 valence electrons. The van der Waals surface area contributed by atoms with Crippen LogP contribution in [0.2, 0.25) is 5.02 Å². The van der Waals surface area contributed by atoms with E-state index in [1.807, 2.05) is 36.4 Å². The van der Waals surface area contributed by atoms with Gasteiger partial charge in [0.2, 0.25) is 11.8 Å². The van der Waals surface area contributed by atoms with E-state index in [1.54, 1.807) is 11.0 Å². The van der Waals surface area contributed by atoms with Crippen molar-refractivity contribution in [3.05, 3.63) is 53.6 Å². The monoisotopic (exact) mass is 397 g/mol. The third kappa shape index (κ3) is 3.85. The highest BCUT2D eigenvalue weighted by molar-refractivity contribution is 6.33. The maximum absolute atomic E-state index is 12.9. The molecule has 0 bridgehead atoms. The Kier molecular flexibility index (Phi) is 5.53. The van der Waals surface area contributed by atoms with Crippen molar-refractivity contribution in [2.75, 3.05) is 34.8 Å². The van der Waals surface area contributed by atoms with Gasteiger partial charge >= 0.3 is 0 Å². The van der Waals surface area contributed by atoms with Crippen molar-refractivity contribution in [3.8, 4) is 0 Å². The molecular weight excluding hydrogens is 374 g/mol. The van der Waals surface area contributed by atoms with Crippen LogP contribution in [0.5, 0.6) is 0 Å². The van der Waals surface area contributed by atoms with Gasteiger partial charge in [-0.05, 0) is 43.5 Å². The van der Waals surface area contributed by atoms with Gasteiger partial charge < -0.3 is 15.1 Å². The molecule has 2 aliphatic rings. The second-order valence-electron chi connectivity index (χ2n) is 7.41. The van der Waals surface area contributed by atoms with Gasteiger partial charge in [-0.15, -0.1) is 0 Å². The number of halogens is 1. The summed E-state index contributed by atoms with van der Waals surface area (Å²) < 4.78 is 0. The molecule has 0 radical (unpaired) electrons. The molecule has 0 spiro atoms. The predicted molar refractivity (Wildman–Crippen MR) is 113 cm³/mol. The number of carbonyl (C=O) groups is 2. The van der Waals surface area contributed by atoms with E-state index < -0.39 is 5.92 Å². The largest absolute Gasteiger partial charge is 0.370 e.